The summed E-state index contributed by atoms with van der Waals surface area (Å²) in [5.41, 5.74) is -1.74. The fourth-order valence-corrected chi connectivity index (χ4v) is 2.94. The first-order valence-corrected chi connectivity index (χ1v) is 6.81. The van der Waals surface area contributed by atoms with Crippen LogP contribution in [0.15, 0.2) is 12.1 Å². The van der Waals surface area contributed by atoms with Crippen LogP contribution in [0.25, 0.3) is 0 Å². The van der Waals surface area contributed by atoms with Gasteiger partial charge < -0.3 is 4.74 Å². The van der Waals surface area contributed by atoms with E-state index in [-0.39, 0.29) is 18.6 Å². The Hall–Kier alpha value is -1.17. The Labute approximate surface area is 120 Å². The van der Waals surface area contributed by atoms with Gasteiger partial charge in [-0.3, -0.25) is 0 Å². The predicted octanol–water partition coefficient (Wildman–Crippen LogP) is 4.60. The Kier molecular flexibility index (Phi) is 4.04. The van der Waals surface area contributed by atoms with Crippen LogP contribution in [0.1, 0.15) is 37.8 Å². The van der Waals surface area contributed by atoms with Gasteiger partial charge in [0, 0.05) is 11.8 Å². The quantitative estimate of drug-likeness (QED) is 0.726. The van der Waals surface area contributed by atoms with E-state index in [1.54, 1.807) is 6.92 Å². The SMILES string of the molecule is CCc1c([C@H]2CO[C@](C)(C(F)(F)F)[C@@H]2C)ccc(F)c1F. The molecule has 0 amide bonds. The summed E-state index contributed by atoms with van der Waals surface area (Å²) in [7, 11) is 0. The van der Waals surface area contributed by atoms with Crippen molar-refractivity contribution in [2.75, 3.05) is 6.61 Å². The van der Waals surface area contributed by atoms with Gasteiger partial charge in [-0.25, -0.2) is 8.78 Å². The molecule has 118 valence electrons. The monoisotopic (exact) mass is 308 g/mol. The zero-order valence-electron chi connectivity index (χ0n) is 12.0. The van der Waals surface area contributed by atoms with E-state index in [0.29, 0.717) is 5.56 Å². The first kappa shape index (κ1) is 16.2. The molecule has 0 spiro atoms. The third kappa shape index (κ3) is 2.43. The van der Waals surface area contributed by atoms with Crippen molar-refractivity contribution in [3.8, 4) is 0 Å². The number of hydrogen-bond donors (Lipinski definition) is 0. The van der Waals surface area contributed by atoms with E-state index < -0.39 is 35.2 Å². The van der Waals surface area contributed by atoms with Crippen molar-refractivity contribution in [2.45, 2.75) is 44.9 Å². The van der Waals surface area contributed by atoms with Crippen molar-refractivity contribution < 1.29 is 26.7 Å². The standard InChI is InChI=1S/C15H17F5O/c1-4-9-10(5-6-12(16)13(9)17)11-7-21-14(3,8(11)2)15(18,19)20/h5-6,8,11H,4,7H2,1-3H3/t8-,11+,14+/m1/s1. The molecule has 6 heteroatoms. The van der Waals surface area contributed by atoms with Crippen molar-refractivity contribution in [3.05, 3.63) is 34.9 Å². The van der Waals surface area contributed by atoms with Crippen molar-refractivity contribution >= 4 is 0 Å². The molecule has 1 nitrogen and oxygen atoms in total. The van der Waals surface area contributed by atoms with E-state index in [0.717, 1.165) is 13.0 Å². The molecule has 1 aliphatic rings. The number of hydrogen-bond acceptors (Lipinski definition) is 1. The maximum Gasteiger partial charge on any atom is 0.417 e. The normalized spacial score (nSPS) is 29.9. The fraction of sp³-hybridized carbons (Fsp3) is 0.600. The first-order valence-electron chi connectivity index (χ1n) is 6.81. The van der Waals surface area contributed by atoms with Crippen LogP contribution in [-0.4, -0.2) is 18.4 Å². The summed E-state index contributed by atoms with van der Waals surface area (Å²) in [5, 5.41) is 0. The summed E-state index contributed by atoms with van der Waals surface area (Å²) in [6.07, 6.45) is -4.29. The van der Waals surface area contributed by atoms with Crippen molar-refractivity contribution in [2.24, 2.45) is 5.92 Å². The highest BCUT2D eigenvalue weighted by Gasteiger charge is 2.61. The second kappa shape index (κ2) is 5.23. The maximum absolute atomic E-state index is 13.8. The molecule has 0 bridgehead atoms. The molecule has 3 atom stereocenters. The molecule has 1 saturated heterocycles. The van der Waals surface area contributed by atoms with E-state index in [2.05, 4.69) is 0 Å². The summed E-state index contributed by atoms with van der Waals surface area (Å²) < 4.78 is 71.6. The molecular formula is C15H17F5O. The second-order valence-corrected chi connectivity index (χ2v) is 5.59. The van der Waals surface area contributed by atoms with Crippen LogP contribution < -0.4 is 0 Å². The Balaban J connectivity index is 2.44. The molecule has 0 radical (unpaired) electrons. The molecule has 0 aromatic heterocycles. The zero-order valence-corrected chi connectivity index (χ0v) is 12.0. The van der Waals surface area contributed by atoms with E-state index in [1.165, 1.54) is 13.0 Å². The van der Waals surface area contributed by atoms with Crippen molar-refractivity contribution in [1.29, 1.82) is 0 Å². The third-order valence-corrected chi connectivity index (χ3v) is 4.58. The highest BCUT2D eigenvalue weighted by atomic mass is 19.4. The molecule has 2 rings (SSSR count). The molecular weight excluding hydrogens is 291 g/mol. The highest BCUT2D eigenvalue weighted by Crippen LogP contribution is 2.50. The summed E-state index contributed by atoms with van der Waals surface area (Å²) in [6.45, 7) is 3.93. The van der Waals surface area contributed by atoms with Gasteiger partial charge in [0.15, 0.2) is 17.2 Å². The average Bonchev–Trinajstić information content (AvgIpc) is 2.70. The smallest absolute Gasteiger partial charge is 0.365 e. The summed E-state index contributed by atoms with van der Waals surface area (Å²) in [4.78, 5) is 0. The van der Waals surface area contributed by atoms with Gasteiger partial charge in [0.2, 0.25) is 0 Å². The van der Waals surface area contributed by atoms with Gasteiger partial charge in [0.05, 0.1) is 6.61 Å². The van der Waals surface area contributed by atoms with Gasteiger partial charge in [-0.15, -0.1) is 0 Å². The lowest BCUT2D eigenvalue weighted by Crippen LogP contribution is -2.46. The maximum atomic E-state index is 13.8. The second-order valence-electron chi connectivity index (χ2n) is 5.59. The van der Waals surface area contributed by atoms with E-state index in [9.17, 15) is 22.0 Å². The number of halogens is 5. The molecule has 1 aromatic rings. The largest absolute Gasteiger partial charge is 0.417 e. The molecule has 21 heavy (non-hydrogen) atoms. The zero-order chi connectivity index (χ0) is 16.0. The number of rotatable bonds is 2. The molecule has 1 aliphatic heterocycles. The number of ether oxygens (including phenoxy) is 1. The van der Waals surface area contributed by atoms with E-state index in [4.69, 9.17) is 4.74 Å². The van der Waals surface area contributed by atoms with E-state index >= 15 is 0 Å². The first-order chi connectivity index (χ1) is 9.63. The number of benzene rings is 1. The van der Waals surface area contributed by atoms with E-state index in [1.807, 2.05) is 0 Å². The predicted molar refractivity (Wildman–Crippen MR) is 68.1 cm³/mol. The summed E-state index contributed by atoms with van der Waals surface area (Å²) in [6, 6.07) is 2.32. The lowest BCUT2D eigenvalue weighted by molar-refractivity contribution is -0.266. The van der Waals surface area contributed by atoms with Crippen LogP contribution in [0.3, 0.4) is 0 Å². The van der Waals surface area contributed by atoms with Gasteiger partial charge in [-0.05, 0) is 30.5 Å². The minimum absolute atomic E-state index is 0.127. The molecule has 0 aliphatic carbocycles. The Morgan fingerprint density at radius 1 is 1.29 bits per heavy atom. The van der Waals surface area contributed by atoms with Crippen LogP contribution in [-0.2, 0) is 11.2 Å². The Bertz CT molecular complexity index is 540. The van der Waals surface area contributed by atoms with Gasteiger partial charge in [0.25, 0.3) is 0 Å². The lowest BCUT2D eigenvalue weighted by Gasteiger charge is -2.32. The van der Waals surface area contributed by atoms with Crippen LogP contribution in [0.5, 0.6) is 0 Å². The Morgan fingerprint density at radius 3 is 2.38 bits per heavy atom. The molecule has 1 fully saturated rings. The van der Waals surface area contributed by atoms with Gasteiger partial charge in [0.1, 0.15) is 0 Å². The minimum Gasteiger partial charge on any atom is -0.365 e. The van der Waals surface area contributed by atoms with Gasteiger partial charge >= 0.3 is 6.18 Å². The fourth-order valence-electron chi connectivity index (χ4n) is 2.94. The van der Waals surface area contributed by atoms with Crippen LogP contribution in [0.2, 0.25) is 0 Å². The summed E-state index contributed by atoms with van der Waals surface area (Å²) >= 11 is 0. The molecule has 0 saturated carbocycles. The third-order valence-electron chi connectivity index (χ3n) is 4.58. The van der Waals surface area contributed by atoms with Crippen LogP contribution in [0.4, 0.5) is 22.0 Å². The minimum atomic E-state index is -4.51. The molecule has 1 heterocycles. The average molecular weight is 308 g/mol. The van der Waals surface area contributed by atoms with Crippen LogP contribution in [0, 0.1) is 17.6 Å². The molecule has 0 N–H and O–H groups in total. The van der Waals surface area contributed by atoms with Gasteiger partial charge in [-0.2, -0.15) is 13.2 Å². The van der Waals surface area contributed by atoms with Gasteiger partial charge in [-0.1, -0.05) is 19.9 Å². The highest BCUT2D eigenvalue weighted by molar-refractivity contribution is 5.34. The number of alkyl halides is 3. The molecule has 0 unspecified atom stereocenters. The van der Waals surface area contributed by atoms with Crippen molar-refractivity contribution in [1.82, 2.24) is 0 Å². The van der Waals surface area contributed by atoms with Crippen LogP contribution >= 0.6 is 0 Å². The lowest BCUT2D eigenvalue weighted by atomic mass is 9.78. The topological polar surface area (TPSA) is 9.23 Å². The van der Waals surface area contributed by atoms with Crippen molar-refractivity contribution in [3.63, 3.8) is 0 Å². The Morgan fingerprint density at radius 2 is 1.90 bits per heavy atom. The summed E-state index contributed by atoms with van der Waals surface area (Å²) in [5.74, 6) is -3.46. The molecule has 1 aromatic carbocycles.